The van der Waals surface area contributed by atoms with Gasteiger partial charge in [-0.15, -0.1) is 0 Å². The molecule has 0 aliphatic carbocycles. The lowest BCUT2D eigenvalue weighted by Gasteiger charge is -2.11. The second kappa shape index (κ2) is 7.94. The molecule has 27 heavy (non-hydrogen) atoms. The van der Waals surface area contributed by atoms with E-state index in [2.05, 4.69) is 9.93 Å². The molecule has 0 spiro atoms. The number of halogens is 1. The standard InChI is InChI=1S/C21H19ClN2O2S/c1-15-14-20(16(2)13-19(15)22)27(25,26)24-23-21(17-9-5-3-6-10-17)18-11-7-4-8-12-18/h3-14,24H,1-2H3. The van der Waals surface area contributed by atoms with Crippen molar-refractivity contribution in [1.82, 2.24) is 4.83 Å². The summed E-state index contributed by atoms with van der Waals surface area (Å²) in [5, 5.41) is 4.78. The van der Waals surface area contributed by atoms with Gasteiger partial charge in [0, 0.05) is 16.1 Å². The molecule has 0 aromatic heterocycles. The Morgan fingerprint density at radius 1 is 0.852 bits per heavy atom. The molecule has 3 aromatic rings. The summed E-state index contributed by atoms with van der Waals surface area (Å²) in [6, 6.07) is 22.1. The van der Waals surface area contributed by atoms with E-state index in [0.29, 0.717) is 21.9 Å². The summed E-state index contributed by atoms with van der Waals surface area (Å²) in [6.45, 7) is 3.47. The van der Waals surface area contributed by atoms with Crippen LogP contribution in [0.1, 0.15) is 22.3 Å². The summed E-state index contributed by atoms with van der Waals surface area (Å²) < 4.78 is 25.6. The Hall–Kier alpha value is -2.63. The average Bonchev–Trinajstić information content (AvgIpc) is 2.66. The first kappa shape index (κ1) is 19.1. The highest BCUT2D eigenvalue weighted by molar-refractivity contribution is 7.89. The van der Waals surface area contributed by atoms with Gasteiger partial charge in [-0.05, 0) is 37.1 Å². The summed E-state index contributed by atoms with van der Waals surface area (Å²) in [5.41, 5.74) is 3.43. The van der Waals surface area contributed by atoms with E-state index in [-0.39, 0.29) is 4.90 Å². The van der Waals surface area contributed by atoms with Crippen LogP contribution < -0.4 is 4.83 Å². The molecule has 0 fully saturated rings. The summed E-state index contributed by atoms with van der Waals surface area (Å²) in [7, 11) is -3.84. The van der Waals surface area contributed by atoms with Gasteiger partial charge in [0.25, 0.3) is 10.0 Å². The number of sulfonamides is 1. The van der Waals surface area contributed by atoms with E-state index >= 15 is 0 Å². The lowest BCUT2D eigenvalue weighted by Crippen LogP contribution is -2.22. The second-order valence-electron chi connectivity index (χ2n) is 6.15. The summed E-state index contributed by atoms with van der Waals surface area (Å²) in [6.07, 6.45) is 0. The van der Waals surface area contributed by atoms with Gasteiger partial charge in [-0.1, -0.05) is 72.3 Å². The highest BCUT2D eigenvalue weighted by Gasteiger charge is 2.18. The Morgan fingerprint density at radius 2 is 1.37 bits per heavy atom. The van der Waals surface area contributed by atoms with Gasteiger partial charge in [0.2, 0.25) is 0 Å². The van der Waals surface area contributed by atoms with Gasteiger partial charge in [0.15, 0.2) is 0 Å². The number of benzene rings is 3. The van der Waals surface area contributed by atoms with Crippen LogP contribution >= 0.6 is 11.6 Å². The maximum absolute atomic E-state index is 12.8. The number of nitrogens with one attached hydrogen (secondary N) is 1. The highest BCUT2D eigenvalue weighted by Crippen LogP contribution is 2.24. The average molecular weight is 399 g/mol. The Balaban J connectivity index is 2.03. The minimum Gasteiger partial charge on any atom is -0.200 e. The molecule has 0 bridgehead atoms. The summed E-state index contributed by atoms with van der Waals surface area (Å²) >= 11 is 6.08. The lowest BCUT2D eigenvalue weighted by molar-refractivity contribution is 0.584. The van der Waals surface area contributed by atoms with Crippen LogP contribution in [0, 0.1) is 13.8 Å². The molecule has 0 atom stereocenters. The van der Waals surface area contributed by atoms with Crippen LogP contribution in [-0.2, 0) is 10.0 Å². The van der Waals surface area contributed by atoms with Crippen molar-refractivity contribution in [2.24, 2.45) is 5.10 Å². The molecule has 1 N–H and O–H groups in total. The van der Waals surface area contributed by atoms with Gasteiger partial charge in [-0.3, -0.25) is 0 Å². The van der Waals surface area contributed by atoms with Crippen LogP contribution in [0.5, 0.6) is 0 Å². The third kappa shape index (κ3) is 4.38. The van der Waals surface area contributed by atoms with Crippen molar-refractivity contribution in [1.29, 1.82) is 0 Å². The first-order chi connectivity index (χ1) is 12.9. The second-order valence-corrected chi connectivity index (χ2v) is 8.19. The van der Waals surface area contributed by atoms with E-state index in [1.54, 1.807) is 26.0 Å². The molecule has 0 heterocycles. The molecule has 0 saturated heterocycles. The van der Waals surface area contributed by atoms with Gasteiger partial charge in [-0.25, -0.2) is 0 Å². The Kier molecular flexibility index (Phi) is 5.63. The quantitative estimate of drug-likeness (QED) is 0.500. The van der Waals surface area contributed by atoms with Crippen LogP contribution in [0.4, 0.5) is 0 Å². The Labute approximate surface area is 164 Å². The molecule has 3 rings (SSSR count). The Morgan fingerprint density at radius 3 is 1.89 bits per heavy atom. The highest BCUT2D eigenvalue weighted by atomic mass is 35.5. The van der Waals surface area contributed by atoms with E-state index < -0.39 is 10.0 Å². The molecule has 138 valence electrons. The van der Waals surface area contributed by atoms with Crippen molar-refractivity contribution in [3.8, 4) is 0 Å². The first-order valence-corrected chi connectivity index (χ1v) is 10.2. The zero-order chi connectivity index (χ0) is 19.4. The van der Waals surface area contributed by atoms with Crippen LogP contribution in [0.15, 0.2) is 82.8 Å². The maximum atomic E-state index is 12.8. The van der Waals surface area contributed by atoms with Gasteiger partial charge in [0.05, 0.1) is 10.6 Å². The van der Waals surface area contributed by atoms with Gasteiger partial charge in [0.1, 0.15) is 0 Å². The van der Waals surface area contributed by atoms with Gasteiger partial charge in [-0.2, -0.15) is 18.4 Å². The normalized spacial score (nSPS) is 11.1. The number of rotatable bonds is 5. The van der Waals surface area contributed by atoms with Crippen molar-refractivity contribution in [2.45, 2.75) is 18.7 Å². The predicted octanol–water partition coefficient (Wildman–Crippen LogP) is 4.69. The first-order valence-electron chi connectivity index (χ1n) is 8.35. The number of nitrogens with zero attached hydrogens (tertiary/aromatic N) is 1. The van der Waals surface area contributed by atoms with Gasteiger partial charge < -0.3 is 0 Å². The molecule has 0 radical (unpaired) electrons. The summed E-state index contributed by atoms with van der Waals surface area (Å²) in [4.78, 5) is 2.54. The van der Waals surface area contributed by atoms with E-state index in [1.807, 2.05) is 60.7 Å². The number of hydrogen-bond donors (Lipinski definition) is 1. The van der Waals surface area contributed by atoms with Crippen LogP contribution in [-0.4, -0.2) is 14.1 Å². The van der Waals surface area contributed by atoms with Crippen molar-refractivity contribution < 1.29 is 8.42 Å². The molecule has 0 aliphatic rings. The fourth-order valence-corrected chi connectivity index (χ4v) is 4.03. The fraction of sp³-hybridized carbons (Fsp3) is 0.0952. The van der Waals surface area contributed by atoms with E-state index in [9.17, 15) is 8.42 Å². The molecule has 0 amide bonds. The topological polar surface area (TPSA) is 58.5 Å². The SMILES string of the molecule is Cc1cc(S(=O)(=O)NN=C(c2ccccc2)c2ccccc2)c(C)cc1Cl. The van der Waals surface area contributed by atoms with Crippen molar-refractivity contribution in [3.05, 3.63) is 100 Å². The number of aryl methyl sites for hydroxylation is 2. The van der Waals surface area contributed by atoms with Crippen molar-refractivity contribution in [3.63, 3.8) is 0 Å². The number of hydrogen-bond acceptors (Lipinski definition) is 3. The van der Waals surface area contributed by atoms with Crippen LogP contribution in [0.2, 0.25) is 5.02 Å². The monoisotopic (exact) mass is 398 g/mol. The van der Waals surface area contributed by atoms with Crippen molar-refractivity contribution >= 4 is 27.3 Å². The van der Waals surface area contributed by atoms with E-state index in [4.69, 9.17) is 11.6 Å². The van der Waals surface area contributed by atoms with E-state index in [0.717, 1.165) is 11.1 Å². The molecule has 3 aromatic carbocycles. The minimum absolute atomic E-state index is 0.161. The van der Waals surface area contributed by atoms with Crippen LogP contribution in [0.25, 0.3) is 0 Å². The third-order valence-electron chi connectivity index (χ3n) is 4.12. The van der Waals surface area contributed by atoms with Gasteiger partial charge >= 0.3 is 0 Å². The Bertz CT molecular complexity index is 1040. The molecule has 4 nitrogen and oxygen atoms in total. The van der Waals surface area contributed by atoms with Crippen LogP contribution in [0.3, 0.4) is 0 Å². The molecule has 0 unspecified atom stereocenters. The molecule has 0 saturated carbocycles. The zero-order valence-corrected chi connectivity index (χ0v) is 16.6. The lowest BCUT2D eigenvalue weighted by atomic mass is 10.0. The molecule has 6 heteroatoms. The van der Waals surface area contributed by atoms with E-state index in [1.165, 1.54) is 0 Å². The molecular weight excluding hydrogens is 380 g/mol. The fourth-order valence-electron chi connectivity index (χ4n) is 2.69. The summed E-state index contributed by atoms with van der Waals surface area (Å²) in [5.74, 6) is 0. The molecular formula is C21H19ClN2O2S. The molecule has 0 aliphatic heterocycles. The minimum atomic E-state index is -3.84. The zero-order valence-electron chi connectivity index (χ0n) is 15.0. The third-order valence-corrected chi connectivity index (χ3v) is 5.88. The maximum Gasteiger partial charge on any atom is 0.276 e. The largest absolute Gasteiger partial charge is 0.276 e. The predicted molar refractivity (Wildman–Crippen MR) is 110 cm³/mol. The van der Waals surface area contributed by atoms with Crippen molar-refractivity contribution in [2.75, 3.05) is 0 Å². The smallest absolute Gasteiger partial charge is 0.200 e. The number of hydrazone groups is 1.